The summed E-state index contributed by atoms with van der Waals surface area (Å²) in [5.41, 5.74) is 5.10. The number of nitrogens with two attached hydrogens (primary N) is 1. The minimum Gasteiger partial charge on any atom is -0.439 e. The van der Waals surface area contributed by atoms with Crippen LogP contribution in [0.2, 0.25) is 0 Å². The van der Waals surface area contributed by atoms with Crippen LogP contribution >= 0.6 is 0 Å². The molecule has 2 rings (SSSR count). The molecular formula is C12H10F3N3O. The molecular weight excluding hydrogens is 259 g/mol. The van der Waals surface area contributed by atoms with Gasteiger partial charge in [0.15, 0.2) is 5.69 Å². The summed E-state index contributed by atoms with van der Waals surface area (Å²) in [7, 11) is 0. The first-order chi connectivity index (χ1) is 8.84. The lowest BCUT2D eigenvalue weighted by atomic mass is 10.2. The molecule has 19 heavy (non-hydrogen) atoms. The first kappa shape index (κ1) is 13.1. The van der Waals surface area contributed by atoms with Crippen LogP contribution < -0.4 is 10.5 Å². The number of benzene rings is 1. The topological polar surface area (TPSA) is 61.0 Å². The lowest BCUT2D eigenvalue weighted by molar-refractivity contribution is -0.141. The van der Waals surface area contributed by atoms with Gasteiger partial charge in [0.05, 0.1) is 0 Å². The third-order valence-corrected chi connectivity index (χ3v) is 2.25. The summed E-state index contributed by atoms with van der Waals surface area (Å²) in [6, 6.07) is 7.49. The van der Waals surface area contributed by atoms with E-state index in [0.29, 0.717) is 11.8 Å². The molecule has 0 aliphatic heterocycles. The first-order valence-electron chi connectivity index (χ1n) is 5.31. The van der Waals surface area contributed by atoms with E-state index in [4.69, 9.17) is 10.5 Å². The number of ether oxygens (including phenoxy) is 1. The van der Waals surface area contributed by atoms with Gasteiger partial charge in [0.2, 0.25) is 11.8 Å². The number of halogens is 3. The van der Waals surface area contributed by atoms with Gasteiger partial charge in [-0.1, -0.05) is 17.7 Å². The molecule has 0 unspecified atom stereocenters. The summed E-state index contributed by atoms with van der Waals surface area (Å²) in [5, 5.41) is 0. The van der Waals surface area contributed by atoms with Crippen molar-refractivity contribution >= 4 is 5.95 Å². The van der Waals surface area contributed by atoms with E-state index in [1.807, 2.05) is 6.92 Å². The van der Waals surface area contributed by atoms with Gasteiger partial charge < -0.3 is 10.5 Å². The van der Waals surface area contributed by atoms with Crippen molar-refractivity contribution in [1.29, 1.82) is 0 Å². The van der Waals surface area contributed by atoms with Gasteiger partial charge in [-0.2, -0.15) is 18.2 Å². The molecule has 1 aromatic heterocycles. The van der Waals surface area contributed by atoms with Crippen LogP contribution in [0.25, 0.3) is 0 Å². The smallest absolute Gasteiger partial charge is 0.433 e. The maximum absolute atomic E-state index is 12.5. The predicted octanol–water partition coefficient (Wildman–Crippen LogP) is 3.18. The molecule has 0 radical (unpaired) electrons. The van der Waals surface area contributed by atoms with E-state index in [-0.39, 0.29) is 5.88 Å². The Morgan fingerprint density at radius 2 is 1.74 bits per heavy atom. The molecule has 100 valence electrons. The van der Waals surface area contributed by atoms with Crippen LogP contribution in [-0.2, 0) is 6.18 Å². The first-order valence-corrected chi connectivity index (χ1v) is 5.31. The normalized spacial score (nSPS) is 11.4. The number of aromatic nitrogens is 2. The fraction of sp³-hybridized carbons (Fsp3) is 0.167. The summed E-state index contributed by atoms with van der Waals surface area (Å²) in [6.07, 6.45) is -4.59. The average Bonchev–Trinajstić information content (AvgIpc) is 2.30. The second kappa shape index (κ2) is 4.75. The van der Waals surface area contributed by atoms with Crippen molar-refractivity contribution in [2.45, 2.75) is 13.1 Å². The number of alkyl halides is 3. The van der Waals surface area contributed by atoms with E-state index >= 15 is 0 Å². The van der Waals surface area contributed by atoms with E-state index in [1.165, 1.54) is 0 Å². The fourth-order valence-corrected chi connectivity index (χ4v) is 1.37. The Balaban J connectivity index is 2.30. The average molecular weight is 269 g/mol. The van der Waals surface area contributed by atoms with E-state index < -0.39 is 17.8 Å². The van der Waals surface area contributed by atoms with Gasteiger partial charge in [0.1, 0.15) is 5.75 Å². The summed E-state index contributed by atoms with van der Waals surface area (Å²) in [4.78, 5) is 6.73. The molecule has 0 amide bonds. The highest BCUT2D eigenvalue weighted by Crippen LogP contribution is 2.31. The lowest BCUT2D eigenvalue weighted by Crippen LogP contribution is -2.11. The van der Waals surface area contributed by atoms with Crippen molar-refractivity contribution in [2.24, 2.45) is 0 Å². The Morgan fingerprint density at radius 3 is 2.32 bits per heavy atom. The van der Waals surface area contributed by atoms with Crippen molar-refractivity contribution in [3.05, 3.63) is 41.6 Å². The van der Waals surface area contributed by atoms with Crippen molar-refractivity contribution < 1.29 is 17.9 Å². The lowest BCUT2D eigenvalue weighted by Gasteiger charge is -2.09. The van der Waals surface area contributed by atoms with E-state index in [0.717, 1.165) is 5.56 Å². The molecule has 0 aliphatic rings. The Kier molecular flexibility index (Phi) is 3.28. The molecule has 0 aliphatic carbocycles. The second-order valence-electron chi connectivity index (χ2n) is 3.86. The molecule has 2 aromatic rings. The highest BCUT2D eigenvalue weighted by molar-refractivity contribution is 5.33. The number of hydrogen-bond donors (Lipinski definition) is 1. The summed E-state index contributed by atoms with van der Waals surface area (Å²) in [6.45, 7) is 1.88. The third-order valence-electron chi connectivity index (χ3n) is 2.25. The van der Waals surface area contributed by atoms with Gasteiger partial charge in [0, 0.05) is 6.07 Å². The van der Waals surface area contributed by atoms with E-state index in [1.54, 1.807) is 24.3 Å². The standard InChI is InChI=1S/C12H10F3N3O/c1-7-2-4-8(5-3-7)19-10-6-9(12(13,14)15)17-11(16)18-10/h2-6H,1H3,(H2,16,17,18). The molecule has 0 bridgehead atoms. The van der Waals surface area contributed by atoms with E-state index in [9.17, 15) is 13.2 Å². The van der Waals surface area contributed by atoms with Gasteiger partial charge in [-0.3, -0.25) is 0 Å². The molecule has 4 nitrogen and oxygen atoms in total. The van der Waals surface area contributed by atoms with E-state index in [2.05, 4.69) is 9.97 Å². The zero-order valence-electron chi connectivity index (χ0n) is 9.90. The van der Waals surface area contributed by atoms with Gasteiger partial charge in [-0.15, -0.1) is 0 Å². The Hall–Kier alpha value is -2.31. The van der Waals surface area contributed by atoms with Crippen molar-refractivity contribution in [2.75, 3.05) is 5.73 Å². The number of hydrogen-bond acceptors (Lipinski definition) is 4. The van der Waals surface area contributed by atoms with Crippen molar-refractivity contribution in [3.8, 4) is 11.6 Å². The molecule has 0 spiro atoms. The molecule has 7 heteroatoms. The van der Waals surface area contributed by atoms with Crippen LogP contribution in [0, 0.1) is 6.92 Å². The minimum absolute atomic E-state index is 0.247. The quantitative estimate of drug-likeness (QED) is 0.909. The minimum atomic E-state index is -4.59. The second-order valence-corrected chi connectivity index (χ2v) is 3.86. The zero-order valence-corrected chi connectivity index (χ0v) is 9.90. The molecule has 0 saturated carbocycles. The molecule has 1 aromatic carbocycles. The van der Waals surface area contributed by atoms with Gasteiger partial charge in [-0.05, 0) is 19.1 Å². The molecule has 0 atom stereocenters. The summed E-state index contributed by atoms with van der Waals surface area (Å²) >= 11 is 0. The maximum Gasteiger partial charge on any atom is 0.433 e. The van der Waals surface area contributed by atoms with Crippen molar-refractivity contribution in [1.82, 2.24) is 9.97 Å². The highest BCUT2D eigenvalue weighted by atomic mass is 19.4. The van der Waals surface area contributed by atoms with Gasteiger partial charge in [0.25, 0.3) is 0 Å². The van der Waals surface area contributed by atoms with Crippen LogP contribution in [0.3, 0.4) is 0 Å². The number of nitrogen functional groups attached to an aromatic ring is 1. The number of nitrogens with zero attached hydrogens (tertiary/aromatic N) is 2. The molecule has 2 N–H and O–H groups in total. The monoisotopic (exact) mass is 269 g/mol. The summed E-state index contributed by atoms with van der Waals surface area (Å²) in [5.74, 6) is -0.363. The SMILES string of the molecule is Cc1ccc(Oc2cc(C(F)(F)F)nc(N)n2)cc1. The largest absolute Gasteiger partial charge is 0.439 e. The Morgan fingerprint density at radius 1 is 1.11 bits per heavy atom. The van der Waals surface area contributed by atoms with Crippen LogP contribution in [0.5, 0.6) is 11.6 Å². The molecule has 0 fully saturated rings. The highest BCUT2D eigenvalue weighted by Gasteiger charge is 2.33. The van der Waals surface area contributed by atoms with Crippen LogP contribution in [0.1, 0.15) is 11.3 Å². The fourth-order valence-electron chi connectivity index (χ4n) is 1.37. The van der Waals surface area contributed by atoms with Crippen LogP contribution in [-0.4, -0.2) is 9.97 Å². The number of anilines is 1. The van der Waals surface area contributed by atoms with Crippen molar-refractivity contribution in [3.63, 3.8) is 0 Å². The molecule has 1 heterocycles. The van der Waals surface area contributed by atoms with Crippen LogP contribution in [0.15, 0.2) is 30.3 Å². The van der Waals surface area contributed by atoms with Crippen LogP contribution in [0.4, 0.5) is 19.1 Å². The predicted molar refractivity (Wildman–Crippen MR) is 62.7 cm³/mol. The summed E-state index contributed by atoms with van der Waals surface area (Å²) < 4.78 is 42.8. The molecule has 0 saturated heterocycles. The number of aryl methyl sites for hydroxylation is 1. The van der Waals surface area contributed by atoms with Gasteiger partial charge >= 0.3 is 6.18 Å². The van der Waals surface area contributed by atoms with Gasteiger partial charge in [-0.25, -0.2) is 4.98 Å². The Bertz CT molecular complexity index is 582. The maximum atomic E-state index is 12.5. The number of rotatable bonds is 2. The third kappa shape index (κ3) is 3.34. The zero-order chi connectivity index (χ0) is 14.0. The Labute approximate surface area is 107 Å².